The molecule has 0 N–H and O–H groups in total. The van der Waals surface area contributed by atoms with Crippen LogP contribution in [0.25, 0.3) is 0 Å². The van der Waals surface area contributed by atoms with Gasteiger partial charge in [0, 0.05) is 26.3 Å². The van der Waals surface area contributed by atoms with E-state index in [0.29, 0.717) is 5.82 Å². The number of carbonyl (C=O) groups excluding carboxylic acids is 1. The fourth-order valence-electron chi connectivity index (χ4n) is 1.88. The fraction of sp³-hybridized carbons (Fsp3) is 0.500. The van der Waals surface area contributed by atoms with E-state index in [0.717, 1.165) is 31.5 Å². The van der Waals surface area contributed by atoms with Crippen LogP contribution in [0.4, 0.5) is 10.6 Å². The number of likely N-dealkylation sites (tertiary alicyclic amines) is 1. The Hall–Kier alpha value is -1.58. The Balaban J connectivity index is 2.08. The van der Waals surface area contributed by atoms with Gasteiger partial charge in [0.1, 0.15) is 5.82 Å². The van der Waals surface area contributed by atoms with Crippen LogP contribution in [0, 0.1) is 6.92 Å². The topological polar surface area (TPSA) is 36.4 Å². The summed E-state index contributed by atoms with van der Waals surface area (Å²) in [6.07, 6.45) is 4.00. The number of anilines is 1. The lowest BCUT2D eigenvalue weighted by molar-refractivity contribution is 0.216. The predicted octanol–water partition coefficient (Wildman–Crippen LogP) is 2.04. The van der Waals surface area contributed by atoms with Gasteiger partial charge in [-0.2, -0.15) is 0 Å². The summed E-state index contributed by atoms with van der Waals surface area (Å²) in [6, 6.07) is 3.90. The predicted molar refractivity (Wildman–Crippen MR) is 63.6 cm³/mol. The van der Waals surface area contributed by atoms with E-state index in [1.807, 2.05) is 24.0 Å². The lowest BCUT2D eigenvalue weighted by atomic mass is 10.3. The highest BCUT2D eigenvalue weighted by Gasteiger charge is 2.22. The molecule has 2 rings (SSSR count). The maximum atomic E-state index is 12.0. The van der Waals surface area contributed by atoms with Crippen LogP contribution in [0.15, 0.2) is 18.3 Å². The van der Waals surface area contributed by atoms with Crippen LogP contribution in [0.1, 0.15) is 18.4 Å². The van der Waals surface area contributed by atoms with Gasteiger partial charge in [0.2, 0.25) is 0 Å². The van der Waals surface area contributed by atoms with Crippen molar-refractivity contribution in [3.63, 3.8) is 0 Å². The first-order valence-corrected chi connectivity index (χ1v) is 5.64. The number of rotatable bonds is 1. The van der Waals surface area contributed by atoms with E-state index in [9.17, 15) is 4.79 Å². The van der Waals surface area contributed by atoms with Crippen LogP contribution >= 0.6 is 0 Å². The average Bonchev–Trinajstić information content (AvgIpc) is 2.81. The molecular weight excluding hydrogens is 202 g/mol. The van der Waals surface area contributed by atoms with Gasteiger partial charge < -0.3 is 4.90 Å². The first-order chi connectivity index (χ1) is 7.68. The molecule has 1 aliphatic heterocycles. The third-order valence-corrected chi connectivity index (χ3v) is 2.90. The molecule has 0 radical (unpaired) electrons. The molecule has 2 heterocycles. The van der Waals surface area contributed by atoms with E-state index in [1.54, 1.807) is 18.1 Å². The highest BCUT2D eigenvalue weighted by atomic mass is 16.2. The molecule has 0 aliphatic carbocycles. The number of hydrogen-bond donors (Lipinski definition) is 0. The molecule has 0 saturated carbocycles. The van der Waals surface area contributed by atoms with Gasteiger partial charge in [0.15, 0.2) is 0 Å². The minimum absolute atomic E-state index is 0.0499. The number of amides is 2. The SMILES string of the molecule is Cc1ccc(N(C)C(=O)N2CCCC2)nc1. The summed E-state index contributed by atoms with van der Waals surface area (Å²) in [5.41, 5.74) is 1.10. The highest BCUT2D eigenvalue weighted by Crippen LogP contribution is 2.15. The summed E-state index contributed by atoms with van der Waals surface area (Å²) in [5, 5.41) is 0. The second-order valence-corrected chi connectivity index (χ2v) is 4.23. The van der Waals surface area contributed by atoms with Gasteiger partial charge in [-0.3, -0.25) is 4.90 Å². The van der Waals surface area contributed by atoms with Gasteiger partial charge in [-0.05, 0) is 31.4 Å². The molecule has 16 heavy (non-hydrogen) atoms. The van der Waals surface area contributed by atoms with Gasteiger partial charge in [-0.1, -0.05) is 6.07 Å². The average molecular weight is 219 g/mol. The van der Waals surface area contributed by atoms with Crippen molar-refractivity contribution in [1.82, 2.24) is 9.88 Å². The Morgan fingerprint density at radius 2 is 2.06 bits per heavy atom. The molecule has 2 amide bonds. The Morgan fingerprint density at radius 3 is 2.62 bits per heavy atom. The van der Waals surface area contributed by atoms with Crippen molar-refractivity contribution in [3.8, 4) is 0 Å². The molecule has 1 saturated heterocycles. The quantitative estimate of drug-likeness (QED) is 0.724. The number of hydrogen-bond acceptors (Lipinski definition) is 2. The van der Waals surface area contributed by atoms with E-state index in [1.165, 1.54) is 0 Å². The molecule has 1 fully saturated rings. The fourth-order valence-corrected chi connectivity index (χ4v) is 1.88. The largest absolute Gasteiger partial charge is 0.325 e. The summed E-state index contributed by atoms with van der Waals surface area (Å²) in [7, 11) is 1.78. The normalized spacial score (nSPS) is 15.2. The van der Waals surface area contributed by atoms with Crippen LogP contribution in [0.5, 0.6) is 0 Å². The van der Waals surface area contributed by atoms with Crippen molar-refractivity contribution < 1.29 is 4.79 Å². The van der Waals surface area contributed by atoms with Crippen LogP contribution in [0.2, 0.25) is 0 Å². The smallest absolute Gasteiger partial charge is 0.324 e. The van der Waals surface area contributed by atoms with Crippen LogP contribution in [-0.4, -0.2) is 36.1 Å². The van der Waals surface area contributed by atoms with Gasteiger partial charge >= 0.3 is 6.03 Å². The Kier molecular flexibility index (Phi) is 3.08. The Labute approximate surface area is 95.9 Å². The molecule has 0 unspecified atom stereocenters. The minimum Gasteiger partial charge on any atom is -0.324 e. The lowest BCUT2D eigenvalue weighted by Gasteiger charge is -2.23. The molecule has 0 atom stereocenters. The van der Waals surface area contributed by atoms with E-state index < -0.39 is 0 Å². The molecule has 86 valence electrons. The molecule has 0 spiro atoms. The Morgan fingerprint density at radius 1 is 1.38 bits per heavy atom. The van der Waals surface area contributed by atoms with Gasteiger partial charge in [0.25, 0.3) is 0 Å². The zero-order valence-electron chi connectivity index (χ0n) is 9.81. The molecule has 0 aromatic carbocycles. The maximum absolute atomic E-state index is 12.0. The molecule has 1 aromatic rings. The molecule has 1 aromatic heterocycles. The number of urea groups is 1. The molecule has 4 nitrogen and oxygen atoms in total. The van der Waals surface area contributed by atoms with Crippen LogP contribution < -0.4 is 4.90 Å². The van der Waals surface area contributed by atoms with Gasteiger partial charge in [0.05, 0.1) is 0 Å². The third kappa shape index (κ3) is 2.15. The van der Waals surface area contributed by atoms with E-state index in [-0.39, 0.29) is 6.03 Å². The van der Waals surface area contributed by atoms with Crippen molar-refractivity contribution in [2.24, 2.45) is 0 Å². The lowest BCUT2D eigenvalue weighted by Crippen LogP contribution is -2.39. The molecule has 0 bridgehead atoms. The maximum Gasteiger partial charge on any atom is 0.325 e. The van der Waals surface area contributed by atoms with Crippen molar-refractivity contribution in [2.45, 2.75) is 19.8 Å². The van der Waals surface area contributed by atoms with E-state index >= 15 is 0 Å². The van der Waals surface area contributed by atoms with E-state index in [2.05, 4.69) is 4.98 Å². The minimum atomic E-state index is 0.0499. The summed E-state index contributed by atoms with van der Waals surface area (Å²) >= 11 is 0. The van der Waals surface area contributed by atoms with Crippen molar-refractivity contribution in [2.75, 3.05) is 25.0 Å². The third-order valence-electron chi connectivity index (χ3n) is 2.90. The van der Waals surface area contributed by atoms with Crippen molar-refractivity contribution in [1.29, 1.82) is 0 Å². The summed E-state index contributed by atoms with van der Waals surface area (Å²) in [6.45, 7) is 3.73. The van der Waals surface area contributed by atoms with Crippen LogP contribution in [0.3, 0.4) is 0 Å². The first-order valence-electron chi connectivity index (χ1n) is 5.64. The zero-order chi connectivity index (χ0) is 11.5. The van der Waals surface area contributed by atoms with Crippen molar-refractivity contribution >= 4 is 11.8 Å². The van der Waals surface area contributed by atoms with Gasteiger partial charge in [-0.25, -0.2) is 9.78 Å². The summed E-state index contributed by atoms with van der Waals surface area (Å²) in [5.74, 6) is 0.711. The Bertz CT molecular complexity index is 368. The first kappa shape index (κ1) is 10.9. The number of aryl methyl sites for hydroxylation is 1. The molecule has 1 aliphatic rings. The summed E-state index contributed by atoms with van der Waals surface area (Å²) in [4.78, 5) is 19.8. The van der Waals surface area contributed by atoms with E-state index in [4.69, 9.17) is 0 Å². The van der Waals surface area contributed by atoms with Crippen LogP contribution in [-0.2, 0) is 0 Å². The number of carbonyl (C=O) groups is 1. The standard InChI is InChI=1S/C12H17N3O/c1-10-5-6-11(13-9-10)14(2)12(16)15-7-3-4-8-15/h5-6,9H,3-4,7-8H2,1-2H3. The molecular formula is C12H17N3O. The highest BCUT2D eigenvalue weighted by molar-refractivity contribution is 5.90. The number of nitrogens with zero attached hydrogens (tertiary/aromatic N) is 3. The number of aromatic nitrogens is 1. The summed E-state index contributed by atoms with van der Waals surface area (Å²) < 4.78 is 0. The second-order valence-electron chi connectivity index (χ2n) is 4.23. The molecule has 4 heteroatoms. The number of pyridine rings is 1. The second kappa shape index (κ2) is 4.51. The van der Waals surface area contributed by atoms with Crippen molar-refractivity contribution in [3.05, 3.63) is 23.9 Å². The monoisotopic (exact) mass is 219 g/mol. The van der Waals surface area contributed by atoms with Gasteiger partial charge in [-0.15, -0.1) is 0 Å². The zero-order valence-corrected chi connectivity index (χ0v) is 9.81.